The van der Waals surface area contributed by atoms with E-state index in [9.17, 15) is 23.3 Å². The molecule has 0 amide bonds. The van der Waals surface area contributed by atoms with Crippen LogP contribution in [0.2, 0.25) is 0 Å². The number of hydrogen-bond acceptors (Lipinski definition) is 8. The van der Waals surface area contributed by atoms with Crippen LogP contribution in [0.1, 0.15) is 23.0 Å². The molecule has 3 aromatic rings. The van der Waals surface area contributed by atoms with Crippen LogP contribution < -0.4 is 4.74 Å². The van der Waals surface area contributed by atoms with Gasteiger partial charge in [0.25, 0.3) is 0 Å². The molecular weight excluding hydrogens is 402 g/mol. The van der Waals surface area contributed by atoms with Crippen molar-refractivity contribution in [2.75, 3.05) is 12.9 Å². The molecule has 0 spiro atoms. The van der Waals surface area contributed by atoms with E-state index in [0.29, 0.717) is 16.7 Å². The summed E-state index contributed by atoms with van der Waals surface area (Å²) in [5.74, 6) is -0.109. The van der Waals surface area contributed by atoms with E-state index in [2.05, 4.69) is 0 Å². The summed E-state index contributed by atoms with van der Waals surface area (Å²) in [6, 6.07) is 7.97. The predicted molar refractivity (Wildman–Crippen MR) is 103 cm³/mol. The summed E-state index contributed by atoms with van der Waals surface area (Å²) in [4.78, 5) is 22.7. The maximum Gasteiger partial charge on any atom is 0.342 e. The van der Waals surface area contributed by atoms with Crippen LogP contribution in [0, 0.1) is 17.0 Å². The lowest BCUT2D eigenvalue weighted by Gasteiger charge is -2.08. The first kappa shape index (κ1) is 20.3. The van der Waals surface area contributed by atoms with Gasteiger partial charge in [-0.1, -0.05) is 0 Å². The number of carbonyl (C=O) groups excluding carboxylic acids is 1. The molecule has 1 heterocycles. The average Bonchev–Trinajstić information content (AvgIpc) is 2.96. The number of nitro groups is 1. The minimum absolute atomic E-state index is 0.139. The van der Waals surface area contributed by atoms with Crippen LogP contribution >= 0.6 is 0 Å². The van der Waals surface area contributed by atoms with Gasteiger partial charge in [0.2, 0.25) is 5.75 Å². The molecule has 0 aliphatic heterocycles. The Hall–Kier alpha value is -3.40. The zero-order chi connectivity index (χ0) is 21.3. The molecule has 3 rings (SSSR count). The maximum atomic E-state index is 12.2. The normalized spacial score (nSPS) is 11.4. The number of carbonyl (C=O) groups is 1. The van der Waals surface area contributed by atoms with Crippen LogP contribution in [0.25, 0.3) is 11.0 Å². The van der Waals surface area contributed by atoms with Gasteiger partial charge in [0.1, 0.15) is 22.7 Å². The number of esters is 1. The lowest BCUT2D eigenvalue weighted by molar-refractivity contribution is -0.385. The minimum Gasteiger partial charge on any atom is -0.462 e. The molecule has 0 N–H and O–H groups in total. The summed E-state index contributed by atoms with van der Waals surface area (Å²) in [5.41, 5.74) is 0.177. The SMILES string of the molecule is CCOC(=O)c1c(C)oc2ccc(Oc3ccc(S(C)(=O)=O)cc3[N+](=O)[O-])cc12. The number of rotatable bonds is 6. The third-order valence-electron chi connectivity index (χ3n) is 4.10. The second-order valence-corrected chi connectivity index (χ2v) is 8.19. The van der Waals surface area contributed by atoms with E-state index in [4.69, 9.17) is 13.9 Å². The second-order valence-electron chi connectivity index (χ2n) is 6.17. The smallest absolute Gasteiger partial charge is 0.342 e. The molecule has 29 heavy (non-hydrogen) atoms. The Morgan fingerprint density at radius 3 is 2.55 bits per heavy atom. The van der Waals surface area contributed by atoms with Crippen molar-refractivity contribution in [3.63, 3.8) is 0 Å². The van der Waals surface area contributed by atoms with Crippen LogP contribution in [0.3, 0.4) is 0 Å². The Morgan fingerprint density at radius 1 is 1.21 bits per heavy atom. The van der Waals surface area contributed by atoms with Crippen molar-refractivity contribution in [2.45, 2.75) is 18.7 Å². The Kier molecular flexibility index (Phi) is 5.29. The first-order valence-corrected chi connectivity index (χ1v) is 10.4. The molecule has 0 saturated carbocycles. The van der Waals surface area contributed by atoms with Gasteiger partial charge in [0, 0.05) is 17.7 Å². The molecule has 0 radical (unpaired) electrons. The molecule has 0 saturated heterocycles. The summed E-state index contributed by atoms with van der Waals surface area (Å²) >= 11 is 0. The van der Waals surface area contributed by atoms with Gasteiger partial charge < -0.3 is 13.9 Å². The van der Waals surface area contributed by atoms with E-state index in [1.165, 1.54) is 24.3 Å². The molecule has 0 bridgehead atoms. The van der Waals surface area contributed by atoms with Crippen molar-refractivity contribution in [1.29, 1.82) is 0 Å². The number of furan rings is 1. The van der Waals surface area contributed by atoms with Crippen molar-refractivity contribution in [3.8, 4) is 11.5 Å². The van der Waals surface area contributed by atoms with Crippen LogP contribution in [-0.4, -0.2) is 32.2 Å². The van der Waals surface area contributed by atoms with Gasteiger partial charge in [-0.2, -0.15) is 0 Å². The van der Waals surface area contributed by atoms with E-state index in [0.717, 1.165) is 12.3 Å². The Balaban J connectivity index is 2.05. The van der Waals surface area contributed by atoms with Crippen molar-refractivity contribution in [1.82, 2.24) is 0 Å². The number of aryl methyl sites for hydroxylation is 1. The summed E-state index contributed by atoms with van der Waals surface area (Å²) in [6.07, 6.45) is 0.957. The van der Waals surface area contributed by atoms with Crippen molar-refractivity contribution in [3.05, 3.63) is 57.8 Å². The molecule has 1 aromatic heterocycles. The molecule has 10 heteroatoms. The van der Waals surface area contributed by atoms with Crippen molar-refractivity contribution in [2.24, 2.45) is 0 Å². The third kappa shape index (κ3) is 4.06. The summed E-state index contributed by atoms with van der Waals surface area (Å²) in [7, 11) is -3.62. The summed E-state index contributed by atoms with van der Waals surface area (Å²) in [5, 5.41) is 11.8. The first-order chi connectivity index (χ1) is 13.6. The Morgan fingerprint density at radius 2 is 1.93 bits per heavy atom. The Bertz CT molecular complexity index is 1230. The number of hydrogen-bond donors (Lipinski definition) is 0. The largest absolute Gasteiger partial charge is 0.462 e. The van der Waals surface area contributed by atoms with Crippen LogP contribution in [0.15, 0.2) is 45.7 Å². The standard InChI is InChI=1S/C19H17NO8S/c1-4-26-19(21)18-11(2)27-16-7-5-12(9-14(16)18)28-17-8-6-13(29(3,24)25)10-15(17)20(22)23/h5-10H,4H2,1-3H3. The number of ether oxygens (including phenoxy) is 2. The maximum absolute atomic E-state index is 12.2. The summed E-state index contributed by atoms with van der Waals surface area (Å²) in [6.45, 7) is 3.50. The zero-order valence-electron chi connectivity index (χ0n) is 15.8. The zero-order valence-corrected chi connectivity index (χ0v) is 16.6. The fourth-order valence-electron chi connectivity index (χ4n) is 2.80. The second kappa shape index (κ2) is 7.55. The van der Waals surface area contributed by atoms with E-state index >= 15 is 0 Å². The van der Waals surface area contributed by atoms with Gasteiger partial charge in [-0.15, -0.1) is 0 Å². The first-order valence-electron chi connectivity index (χ1n) is 8.48. The van der Waals surface area contributed by atoms with Gasteiger partial charge in [0.15, 0.2) is 9.84 Å². The molecular formula is C19H17NO8S. The lowest BCUT2D eigenvalue weighted by Crippen LogP contribution is -2.05. The lowest BCUT2D eigenvalue weighted by atomic mass is 10.1. The number of benzene rings is 2. The highest BCUT2D eigenvalue weighted by Crippen LogP contribution is 2.36. The van der Waals surface area contributed by atoms with E-state index in [1.807, 2.05) is 0 Å². The fourth-order valence-corrected chi connectivity index (χ4v) is 3.44. The van der Waals surface area contributed by atoms with E-state index in [-0.39, 0.29) is 28.6 Å². The highest BCUT2D eigenvalue weighted by atomic mass is 32.2. The van der Waals surface area contributed by atoms with Gasteiger partial charge in [-0.3, -0.25) is 10.1 Å². The molecule has 0 unspecified atom stereocenters. The van der Waals surface area contributed by atoms with Crippen LogP contribution in [0.5, 0.6) is 11.5 Å². The topological polar surface area (TPSA) is 126 Å². The third-order valence-corrected chi connectivity index (χ3v) is 5.21. The summed E-state index contributed by atoms with van der Waals surface area (Å²) < 4.78 is 39.5. The quantitative estimate of drug-likeness (QED) is 0.333. The van der Waals surface area contributed by atoms with Gasteiger partial charge in [-0.05, 0) is 44.2 Å². The number of sulfone groups is 1. The molecule has 0 atom stereocenters. The molecule has 0 aliphatic rings. The van der Waals surface area contributed by atoms with Crippen molar-refractivity contribution < 1.29 is 32.0 Å². The molecule has 152 valence electrons. The van der Waals surface area contributed by atoms with Gasteiger partial charge in [-0.25, -0.2) is 13.2 Å². The van der Waals surface area contributed by atoms with Crippen LogP contribution in [0.4, 0.5) is 5.69 Å². The van der Waals surface area contributed by atoms with Gasteiger partial charge >= 0.3 is 11.7 Å². The predicted octanol–water partition coefficient (Wildman–Crippen LogP) is 4.02. The molecule has 0 fully saturated rings. The highest BCUT2D eigenvalue weighted by molar-refractivity contribution is 7.90. The average molecular weight is 419 g/mol. The molecule has 2 aromatic carbocycles. The number of fused-ring (bicyclic) bond motifs is 1. The van der Waals surface area contributed by atoms with Crippen molar-refractivity contribution >= 4 is 32.5 Å². The van der Waals surface area contributed by atoms with Crippen LogP contribution in [-0.2, 0) is 14.6 Å². The van der Waals surface area contributed by atoms with E-state index in [1.54, 1.807) is 19.9 Å². The number of nitrogens with zero attached hydrogens (tertiary/aromatic N) is 1. The Labute approximate surface area is 165 Å². The highest BCUT2D eigenvalue weighted by Gasteiger charge is 2.22. The minimum atomic E-state index is -3.62. The van der Waals surface area contributed by atoms with Gasteiger partial charge in [0.05, 0.1) is 16.4 Å². The molecule has 9 nitrogen and oxygen atoms in total. The molecule has 0 aliphatic carbocycles. The van der Waals surface area contributed by atoms with E-state index < -0.39 is 26.4 Å². The number of nitro benzene ring substituents is 1. The monoisotopic (exact) mass is 419 g/mol. The fraction of sp³-hybridized carbons (Fsp3) is 0.211.